The van der Waals surface area contributed by atoms with Crippen LogP contribution in [-0.4, -0.2) is 48.8 Å². The van der Waals surface area contributed by atoms with Gasteiger partial charge in [0.2, 0.25) is 0 Å². The van der Waals surface area contributed by atoms with E-state index in [1.807, 2.05) is 30.6 Å². The molecule has 0 saturated heterocycles. The van der Waals surface area contributed by atoms with E-state index >= 15 is 0 Å². The van der Waals surface area contributed by atoms with Crippen LogP contribution < -0.4 is 9.80 Å². The molecule has 7 heteroatoms. The van der Waals surface area contributed by atoms with Crippen LogP contribution in [0.3, 0.4) is 0 Å². The van der Waals surface area contributed by atoms with Gasteiger partial charge in [0.05, 0.1) is 68.7 Å². The maximum Gasteiger partial charge on any atom is 0.136 e. The fourth-order valence-corrected chi connectivity index (χ4v) is 8.22. The lowest BCUT2D eigenvalue weighted by molar-refractivity contribution is 0.338. The smallest absolute Gasteiger partial charge is 0.136 e. The van der Waals surface area contributed by atoms with Crippen molar-refractivity contribution in [1.82, 2.24) is 15.0 Å². The summed E-state index contributed by atoms with van der Waals surface area (Å²) < 4.78 is 0. The predicted molar refractivity (Wildman–Crippen MR) is 249 cm³/mol. The zero-order valence-corrected chi connectivity index (χ0v) is 35.7. The second-order valence-corrected chi connectivity index (χ2v) is 17.9. The van der Waals surface area contributed by atoms with Gasteiger partial charge in [-0.25, -0.2) is 4.98 Å². The van der Waals surface area contributed by atoms with Crippen molar-refractivity contribution < 1.29 is 0 Å². The van der Waals surface area contributed by atoms with Crippen molar-refractivity contribution in [2.75, 3.05) is 9.80 Å². The van der Waals surface area contributed by atoms with E-state index in [0.717, 1.165) is 68.1 Å². The first-order chi connectivity index (χ1) is 28.7. The maximum absolute atomic E-state index is 5.25. The van der Waals surface area contributed by atoms with Gasteiger partial charge in [-0.3, -0.25) is 20.0 Å². The SMILES string of the molecule is CC1(C)N=C(c2ccccc2)N(c2ccc(-c3cc(-c4ccc(-c5ccccc5)cc4)cc(-c4ccc(N5C(c6ccccc6)=NC(C)(C)C5(C)C)cn4)n3)nc2)C1(C)C. The summed E-state index contributed by atoms with van der Waals surface area (Å²) in [7, 11) is 0. The molecular weight excluding hydrogens is 735 g/mol. The number of rotatable bonds is 8. The van der Waals surface area contributed by atoms with E-state index in [0.29, 0.717) is 0 Å². The highest BCUT2D eigenvalue weighted by atomic mass is 15.3. The van der Waals surface area contributed by atoms with E-state index < -0.39 is 0 Å². The quantitative estimate of drug-likeness (QED) is 0.153. The summed E-state index contributed by atoms with van der Waals surface area (Å²) in [5.74, 6) is 1.89. The normalized spacial score (nSPS) is 17.3. The maximum atomic E-state index is 5.25. The largest absolute Gasteiger partial charge is 0.317 e. The van der Waals surface area contributed by atoms with Crippen LogP contribution in [0.1, 0.15) is 66.5 Å². The first-order valence-electron chi connectivity index (χ1n) is 20.8. The molecule has 3 aromatic heterocycles. The van der Waals surface area contributed by atoms with Crippen LogP contribution in [0, 0.1) is 0 Å². The number of amidine groups is 2. The van der Waals surface area contributed by atoms with Gasteiger partial charge < -0.3 is 9.80 Å². The molecule has 2 aliphatic heterocycles. The standard InChI is InChI=1S/C53H51N7/c1-50(2)52(5,6)59(48(57-50)39-20-14-10-15-21-39)42-28-30-44(54-34-42)46-32-41(38-26-24-37(25-27-38)36-18-12-9-13-19-36)33-47(56-46)45-31-29-43(35-55-45)60-49(40-22-16-11-17-23-40)58-51(3,4)53(60,7)8/h9-35H,1-8H3. The van der Waals surface area contributed by atoms with Crippen molar-refractivity contribution in [2.24, 2.45) is 9.98 Å². The van der Waals surface area contributed by atoms with Crippen molar-refractivity contribution in [1.29, 1.82) is 0 Å². The third-order valence-corrected chi connectivity index (χ3v) is 13.1. The Hall–Kier alpha value is -6.73. The molecule has 5 heterocycles. The van der Waals surface area contributed by atoms with Gasteiger partial charge in [-0.2, -0.15) is 0 Å². The molecule has 298 valence electrons. The van der Waals surface area contributed by atoms with Crippen LogP contribution in [-0.2, 0) is 0 Å². The molecule has 0 spiro atoms. The van der Waals surface area contributed by atoms with Crippen molar-refractivity contribution >= 4 is 23.0 Å². The van der Waals surface area contributed by atoms with Gasteiger partial charge >= 0.3 is 0 Å². The summed E-state index contributed by atoms with van der Waals surface area (Å²) in [5, 5.41) is 0. The number of hydrogen-bond acceptors (Lipinski definition) is 7. The molecule has 0 N–H and O–H groups in total. The minimum Gasteiger partial charge on any atom is -0.317 e. The summed E-state index contributed by atoms with van der Waals surface area (Å²) in [6.07, 6.45) is 3.91. The molecule has 60 heavy (non-hydrogen) atoms. The fraction of sp³-hybridized carbons (Fsp3) is 0.226. The minimum atomic E-state index is -0.323. The lowest BCUT2D eigenvalue weighted by atomic mass is 9.83. The highest BCUT2D eigenvalue weighted by Gasteiger charge is 2.51. The van der Waals surface area contributed by atoms with Gasteiger partial charge in [0.25, 0.3) is 0 Å². The molecular formula is C53H51N7. The van der Waals surface area contributed by atoms with Gasteiger partial charge in [-0.1, -0.05) is 115 Å². The number of benzene rings is 4. The van der Waals surface area contributed by atoms with Gasteiger partial charge in [-0.15, -0.1) is 0 Å². The van der Waals surface area contributed by atoms with E-state index in [1.54, 1.807) is 0 Å². The van der Waals surface area contributed by atoms with E-state index in [2.05, 4.69) is 199 Å². The average Bonchev–Trinajstić information content (AvgIpc) is 3.59. The van der Waals surface area contributed by atoms with Gasteiger partial charge in [0.15, 0.2) is 0 Å². The molecule has 4 aromatic carbocycles. The Morgan fingerprint density at radius 2 is 0.700 bits per heavy atom. The van der Waals surface area contributed by atoms with E-state index in [4.69, 9.17) is 24.9 Å². The first kappa shape index (κ1) is 38.8. The third kappa shape index (κ3) is 6.68. The Labute approximate surface area is 354 Å². The van der Waals surface area contributed by atoms with Crippen LogP contribution in [0.2, 0.25) is 0 Å². The highest BCUT2D eigenvalue weighted by Crippen LogP contribution is 2.44. The molecule has 0 bridgehead atoms. The monoisotopic (exact) mass is 785 g/mol. The van der Waals surface area contributed by atoms with E-state index in [-0.39, 0.29) is 22.2 Å². The van der Waals surface area contributed by atoms with Crippen LogP contribution in [0.4, 0.5) is 11.4 Å². The Morgan fingerprint density at radius 1 is 0.350 bits per heavy atom. The third-order valence-electron chi connectivity index (χ3n) is 13.1. The molecule has 0 unspecified atom stereocenters. The Bertz CT molecular complexity index is 2570. The molecule has 0 radical (unpaired) electrons. The van der Waals surface area contributed by atoms with Crippen LogP contribution in [0.15, 0.2) is 174 Å². The number of anilines is 2. The molecule has 7 nitrogen and oxygen atoms in total. The number of pyridine rings is 3. The Morgan fingerprint density at radius 3 is 1.07 bits per heavy atom. The Balaban J connectivity index is 1.11. The Kier molecular flexibility index (Phi) is 9.38. The first-order valence-corrected chi connectivity index (χ1v) is 20.8. The van der Waals surface area contributed by atoms with Gasteiger partial charge in [0, 0.05) is 11.1 Å². The summed E-state index contributed by atoms with van der Waals surface area (Å²) in [6, 6.07) is 52.7. The molecule has 0 amide bonds. The van der Waals surface area contributed by atoms with Gasteiger partial charge in [-0.05, 0) is 114 Å². The average molecular weight is 786 g/mol. The van der Waals surface area contributed by atoms with E-state index in [1.165, 1.54) is 11.1 Å². The topological polar surface area (TPSA) is 69.9 Å². The molecule has 0 fully saturated rings. The van der Waals surface area contributed by atoms with Crippen LogP contribution >= 0.6 is 0 Å². The van der Waals surface area contributed by atoms with Crippen molar-refractivity contribution in [3.8, 4) is 45.0 Å². The second kappa shape index (κ2) is 14.5. The zero-order valence-electron chi connectivity index (χ0n) is 35.7. The minimum absolute atomic E-state index is 0.301. The summed E-state index contributed by atoms with van der Waals surface area (Å²) in [4.78, 5) is 30.6. The van der Waals surface area contributed by atoms with Crippen molar-refractivity contribution in [3.63, 3.8) is 0 Å². The van der Waals surface area contributed by atoms with Crippen molar-refractivity contribution in [3.05, 3.63) is 175 Å². The van der Waals surface area contributed by atoms with Crippen LogP contribution in [0.5, 0.6) is 0 Å². The fourth-order valence-electron chi connectivity index (χ4n) is 8.22. The molecule has 2 aliphatic rings. The molecule has 7 aromatic rings. The van der Waals surface area contributed by atoms with Crippen LogP contribution in [0.25, 0.3) is 45.0 Å². The highest BCUT2D eigenvalue weighted by molar-refractivity contribution is 6.13. The van der Waals surface area contributed by atoms with Crippen molar-refractivity contribution in [2.45, 2.75) is 77.5 Å². The van der Waals surface area contributed by atoms with E-state index in [9.17, 15) is 0 Å². The lowest BCUT2D eigenvalue weighted by Gasteiger charge is -2.41. The van der Waals surface area contributed by atoms with Gasteiger partial charge in [0.1, 0.15) is 11.7 Å². The summed E-state index contributed by atoms with van der Waals surface area (Å²) >= 11 is 0. The number of aliphatic imine (C=N–C) groups is 2. The lowest BCUT2D eigenvalue weighted by Crippen LogP contribution is -2.53. The number of hydrogen-bond donors (Lipinski definition) is 0. The predicted octanol–water partition coefficient (Wildman–Crippen LogP) is 12.2. The summed E-state index contributed by atoms with van der Waals surface area (Å²) in [6.45, 7) is 17.8. The molecule has 0 atom stereocenters. The number of aromatic nitrogens is 3. The molecule has 0 saturated carbocycles. The molecule has 9 rings (SSSR count). The zero-order chi connectivity index (χ0) is 41.9. The number of nitrogens with zero attached hydrogens (tertiary/aromatic N) is 7. The summed E-state index contributed by atoms with van der Waals surface area (Å²) in [5.41, 5.74) is 10.4. The second-order valence-electron chi connectivity index (χ2n) is 17.9. The molecule has 0 aliphatic carbocycles.